The molecular weight excluding hydrogens is 1530 g/mol. The van der Waals surface area contributed by atoms with Gasteiger partial charge in [0.25, 0.3) is 0 Å². The summed E-state index contributed by atoms with van der Waals surface area (Å²) in [6.07, 6.45) is 4.01. The summed E-state index contributed by atoms with van der Waals surface area (Å²) in [4.78, 5) is 45.8. The number of hydrogen-bond acceptors (Lipinski definition) is 11. The Labute approximate surface area is 713 Å². The van der Waals surface area contributed by atoms with E-state index in [1.165, 1.54) is 98.8 Å². The minimum absolute atomic E-state index is 0.0421. The van der Waals surface area contributed by atoms with E-state index in [0.29, 0.717) is 52.4 Å². The summed E-state index contributed by atoms with van der Waals surface area (Å²) in [5, 5.41) is 9.48. The molecule has 0 spiro atoms. The van der Waals surface area contributed by atoms with E-state index in [2.05, 4.69) is 229 Å². The van der Waals surface area contributed by atoms with E-state index in [1.54, 1.807) is 6.26 Å². The number of hydrogen-bond donors (Lipinski definition) is 0. The molecule has 0 bridgehead atoms. The second-order valence-corrected chi connectivity index (χ2v) is 34.2. The van der Waals surface area contributed by atoms with E-state index in [1.807, 2.05) is 193 Å². The van der Waals surface area contributed by atoms with Crippen LogP contribution in [0.25, 0.3) is 191 Å². The Morgan fingerprint density at radius 2 is 0.577 bits per heavy atom. The Bertz CT molecular complexity index is 7470. The highest BCUT2D eigenvalue weighted by Gasteiger charge is 2.41. The van der Waals surface area contributed by atoms with E-state index >= 15 is 0 Å². The molecule has 0 radical (unpaired) electrons. The molecule has 13 aromatic carbocycles. The van der Waals surface area contributed by atoms with Crippen molar-refractivity contribution in [3.8, 4) is 125 Å². The first kappa shape index (κ1) is 72.8. The minimum Gasteiger partial charge on any atom is -0.466 e. The van der Waals surface area contributed by atoms with Gasteiger partial charge in [-0.25, -0.2) is 44.9 Å². The molecule has 0 saturated carbocycles. The van der Waals surface area contributed by atoms with Gasteiger partial charge in [-0.15, -0.1) is 11.3 Å². The van der Waals surface area contributed by atoms with E-state index in [4.69, 9.17) is 49.3 Å². The fraction of sp³-hybridized carbons (Fsp3) is 0.0833. The molecule has 0 amide bonds. The van der Waals surface area contributed by atoms with E-state index in [0.717, 1.165) is 72.4 Å². The molecule has 0 N–H and O–H groups in total. The molecular formula is C108H77N13OS. The first-order valence-electron chi connectivity index (χ1n) is 41.6. The number of para-hydroxylation sites is 4. The predicted molar refractivity (Wildman–Crippen MR) is 497 cm³/mol. The summed E-state index contributed by atoms with van der Waals surface area (Å²) in [6, 6.07) is 118. The van der Waals surface area contributed by atoms with Crippen LogP contribution in [0.1, 0.15) is 74.6 Å². The Kier molecular flexibility index (Phi) is 16.8. The highest BCUT2D eigenvalue weighted by atomic mass is 32.1. The lowest BCUT2D eigenvalue weighted by molar-refractivity contribution is 0.425. The number of thiophene rings is 1. The van der Waals surface area contributed by atoms with Crippen LogP contribution in [0.2, 0.25) is 0 Å². The molecule has 3 aliphatic heterocycles. The molecule has 0 unspecified atom stereocenters. The van der Waals surface area contributed by atoms with E-state index < -0.39 is 0 Å². The van der Waals surface area contributed by atoms with Crippen molar-refractivity contribution < 1.29 is 4.42 Å². The standard InChI is InChI=1S/C40H29N5.C34H24N4O.C34H24N4S/c1-40(2)32-20-12-19-30-31-25-28(39-42-37(26-13-6-3-7-14-26)41-38(43-39)27-15-8-4-9-16-27)21-22-33(31)45(35(30)32)34-23-24-44(36(34)40)29-17-10-5-11-18-29;2*1-34(2)26-15-9-14-24-25-20-23(16-17-27(25)38(29(24)26)28-18-19-39-30(28)34)33-36-31(21-10-5-3-6-11-21)35-32(37-33)22-12-7-4-8-13-22/h3-25H,1-2H3;2*3-20H,1-2H3. The normalized spacial score (nSPS) is 13.5. The number of furan rings is 1. The summed E-state index contributed by atoms with van der Waals surface area (Å²) in [5.41, 5.74) is 25.5. The largest absolute Gasteiger partial charge is 0.466 e. The molecule has 586 valence electrons. The van der Waals surface area contributed by atoms with Crippen molar-refractivity contribution in [2.75, 3.05) is 0 Å². The summed E-state index contributed by atoms with van der Waals surface area (Å²) in [7, 11) is 0. The molecule has 0 saturated heterocycles. The van der Waals surface area contributed by atoms with Gasteiger partial charge in [0.05, 0.1) is 67.5 Å². The Morgan fingerprint density at radius 1 is 0.260 bits per heavy atom. The monoisotopic (exact) mass is 1600 g/mol. The van der Waals surface area contributed by atoms with Crippen molar-refractivity contribution in [1.29, 1.82) is 0 Å². The molecule has 0 aliphatic carbocycles. The van der Waals surface area contributed by atoms with Crippen molar-refractivity contribution in [1.82, 2.24) is 63.1 Å². The second kappa shape index (κ2) is 28.4. The quantitative estimate of drug-likeness (QED) is 0.129. The van der Waals surface area contributed by atoms with Crippen molar-refractivity contribution in [3.63, 3.8) is 0 Å². The van der Waals surface area contributed by atoms with Gasteiger partial charge in [-0.3, -0.25) is 0 Å². The second-order valence-electron chi connectivity index (χ2n) is 33.3. The molecule has 15 heteroatoms. The molecule has 0 atom stereocenters. The predicted octanol–water partition coefficient (Wildman–Crippen LogP) is 26.3. The average molecular weight is 1600 g/mol. The molecule has 0 fully saturated rings. The Morgan fingerprint density at radius 3 is 0.943 bits per heavy atom. The van der Waals surface area contributed by atoms with Crippen LogP contribution < -0.4 is 0 Å². The lowest BCUT2D eigenvalue weighted by Gasteiger charge is -2.34. The number of aromatic nitrogens is 13. The van der Waals surface area contributed by atoms with Gasteiger partial charge in [-0.05, 0) is 115 Å². The summed E-state index contributed by atoms with van der Waals surface area (Å²) in [5.74, 6) is 6.97. The van der Waals surface area contributed by atoms with Crippen molar-refractivity contribution >= 4 is 76.8 Å². The van der Waals surface area contributed by atoms with Crippen molar-refractivity contribution in [3.05, 3.63) is 391 Å². The van der Waals surface area contributed by atoms with Crippen LogP contribution in [0.3, 0.4) is 0 Å². The third-order valence-electron chi connectivity index (χ3n) is 24.9. The minimum atomic E-state index is -0.227. The van der Waals surface area contributed by atoms with Gasteiger partial charge in [0.2, 0.25) is 0 Å². The van der Waals surface area contributed by atoms with E-state index in [-0.39, 0.29) is 16.2 Å². The third-order valence-corrected chi connectivity index (χ3v) is 26.1. The van der Waals surface area contributed by atoms with Crippen LogP contribution in [-0.4, -0.2) is 63.1 Å². The zero-order valence-corrected chi connectivity index (χ0v) is 69.0. The van der Waals surface area contributed by atoms with Gasteiger partial charge < -0.3 is 22.7 Å². The topological polar surface area (TPSA) is 149 Å². The fourth-order valence-electron chi connectivity index (χ4n) is 19.0. The SMILES string of the molecule is CC1(C)c2cccc3c4cc(-c5nc(-c6ccccc6)nc(-c6ccccc6)n5)ccc4n(c23)-c2ccn(-c3ccccc3)c21.CC1(C)c2occc2-n2c3ccc(-c4nc(-c5ccccc5)nc(-c5ccccc5)n4)cc3c3cccc1c32.CC1(C)c2sccc2-n2c3ccc(-c4nc(-c5ccccc5)nc(-c5ccccc5)n4)cc3c3cccc1c32. The van der Waals surface area contributed by atoms with Crippen LogP contribution in [0.5, 0.6) is 0 Å². The maximum absolute atomic E-state index is 6.03. The van der Waals surface area contributed by atoms with Crippen LogP contribution in [-0.2, 0) is 16.2 Å². The first-order chi connectivity index (χ1) is 60.3. The van der Waals surface area contributed by atoms with Crippen LogP contribution in [0, 0.1) is 0 Å². The number of benzene rings is 13. The number of rotatable bonds is 10. The maximum atomic E-state index is 6.03. The van der Waals surface area contributed by atoms with Crippen LogP contribution in [0.15, 0.2) is 362 Å². The van der Waals surface area contributed by atoms with Gasteiger partial charge in [0, 0.05) is 116 Å². The van der Waals surface area contributed by atoms with Gasteiger partial charge in [-0.1, -0.05) is 282 Å². The highest BCUT2D eigenvalue weighted by molar-refractivity contribution is 7.10. The first-order valence-corrected chi connectivity index (χ1v) is 42.4. The number of fused-ring (bicyclic) bond motifs is 15. The Balaban J connectivity index is 0.000000107. The fourth-order valence-corrected chi connectivity index (χ4v) is 20.0. The van der Waals surface area contributed by atoms with Crippen molar-refractivity contribution in [2.45, 2.75) is 57.8 Å². The summed E-state index contributed by atoms with van der Waals surface area (Å²) >= 11 is 1.84. The van der Waals surface area contributed by atoms with Crippen LogP contribution in [0.4, 0.5) is 0 Å². The maximum Gasteiger partial charge on any atom is 0.164 e. The lowest BCUT2D eigenvalue weighted by atomic mass is 9.78. The third kappa shape index (κ3) is 11.8. The van der Waals surface area contributed by atoms with Crippen molar-refractivity contribution in [2.24, 2.45) is 0 Å². The summed E-state index contributed by atoms with van der Waals surface area (Å²) in [6.45, 7) is 13.8. The molecule has 22 aromatic rings. The zero-order chi connectivity index (χ0) is 82.4. The van der Waals surface area contributed by atoms with Gasteiger partial charge in [0.15, 0.2) is 52.4 Å². The van der Waals surface area contributed by atoms with Gasteiger partial charge in [0.1, 0.15) is 5.76 Å². The molecule has 25 rings (SSSR count). The Hall–Kier alpha value is -15.5. The lowest BCUT2D eigenvalue weighted by Crippen LogP contribution is -2.28. The molecule has 12 heterocycles. The zero-order valence-electron chi connectivity index (χ0n) is 68.2. The summed E-state index contributed by atoms with van der Waals surface area (Å²) < 4.78 is 15.6. The van der Waals surface area contributed by atoms with E-state index in [9.17, 15) is 0 Å². The van der Waals surface area contributed by atoms with Gasteiger partial charge in [-0.2, -0.15) is 0 Å². The molecule has 14 nitrogen and oxygen atoms in total. The smallest absolute Gasteiger partial charge is 0.164 e. The van der Waals surface area contributed by atoms with Crippen LogP contribution >= 0.6 is 11.3 Å². The molecule has 123 heavy (non-hydrogen) atoms. The highest BCUT2D eigenvalue weighted by Crippen LogP contribution is 2.53. The molecule has 9 aromatic heterocycles. The molecule has 3 aliphatic rings. The average Bonchev–Trinajstić information content (AvgIpc) is 1.55. The number of nitrogens with zero attached hydrogens (tertiary/aromatic N) is 13. The van der Waals surface area contributed by atoms with Gasteiger partial charge >= 0.3 is 0 Å².